The summed E-state index contributed by atoms with van der Waals surface area (Å²) in [6.07, 6.45) is 1.81. The maximum atomic E-state index is 12.5. The van der Waals surface area contributed by atoms with E-state index in [0.717, 1.165) is 37.0 Å². The van der Waals surface area contributed by atoms with Gasteiger partial charge in [0.05, 0.1) is 7.11 Å². The molecule has 2 N–H and O–H groups in total. The predicted molar refractivity (Wildman–Crippen MR) is 110 cm³/mol. The van der Waals surface area contributed by atoms with Crippen LogP contribution in [0, 0.1) is 6.92 Å². The van der Waals surface area contributed by atoms with E-state index in [1.54, 1.807) is 13.2 Å². The van der Waals surface area contributed by atoms with Crippen molar-refractivity contribution in [1.29, 1.82) is 0 Å². The van der Waals surface area contributed by atoms with Crippen LogP contribution in [-0.2, 0) is 4.79 Å². The van der Waals surface area contributed by atoms with Crippen LogP contribution in [0.25, 0.3) is 22.8 Å². The molecule has 28 heavy (non-hydrogen) atoms. The van der Waals surface area contributed by atoms with Crippen molar-refractivity contribution in [1.82, 2.24) is 0 Å². The van der Waals surface area contributed by atoms with Crippen molar-refractivity contribution in [3.05, 3.63) is 68.5 Å². The summed E-state index contributed by atoms with van der Waals surface area (Å²) < 4.78 is 6.94. The molecule has 5 nitrogen and oxygen atoms in total. The fraction of sp³-hybridized carbons (Fsp3) is 0.0909. The van der Waals surface area contributed by atoms with E-state index in [1.165, 1.54) is 0 Å². The first kappa shape index (κ1) is 18.3. The van der Waals surface area contributed by atoms with E-state index in [0.29, 0.717) is 11.1 Å². The first-order valence-electron chi connectivity index (χ1n) is 8.62. The Labute approximate surface area is 168 Å². The number of aromatic carboxylic acids is 1. The molecule has 1 aliphatic rings. The van der Waals surface area contributed by atoms with Crippen LogP contribution < -0.4 is 10.1 Å². The predicted octanol–water partition coefficient (Wildman–Crippen LogP) is 3.92. The number of carboxylic acids is 1. The normalized spacial score (nSPS) is 14.1. The van der Waals surface area contributed by atoms with Crippen LogP contribution in [-0.4, -0.2) is 38.6 Å². The monoisotopic (exact) mass is 439 g/mol. The van der Waals surface area contributed by atoms with Crippen molar-refractivity contribution in [3.63, 3.8) is 0 Å². The van der Waals surface area contributed by atoms with Gasteiger partial charge in [-0.2, -0.15) is 0 Å². The second-order valence-corrected chi connectivity index (χ2v) is 9.13. The van der Waals surface area contributed by atoms with Gasteiger partial charge in [-0.05, 0) is 0 Å². The quantitative estimate of drug-likeness (QED) is 0.478. The number of aryl methyl sites for hydroxylation is 1. The fourth-order valence-electron chi connectivity index (χ4n) is 3.23. The number of methoxy groups -OCH3 is 1. The molecule has 140 valence electrons. The maximum absolute atomic E-state index is 12.5. The van der Waals surface area contributed by atoms with E-state index in [1.807, 2.05) is 55.5 Å². The van der Waals surface area contributed by atoms with Gasteiger partial charge >= 0.3 is 161 Å². The number of nitrogens with one attached hydrogen (secondary N) is 1. The molecule has 0 unspecified atom stereocenters. The zero-order valence-corrected chi connectivity index (χ0v) is 17.0. The number of benzene rings is 2. The third kappa shape index (κ3) is 3.28. The SMILES string of the molecule is COc1ccc(-c2ccc3c(c2)NC(=O)/C3=C\c2cc(C(=O)O)c(C)[se]2)cc1. The summed E-state index contributed by atoms with van der Waals surface area (Å²) in [6.45, 7) is 1.83. The van der Waals surface area contributed by atoms with E-state index in [9.17, 15) is 14.7 Å². The molecule has 4 rings (SSSR count). The summed E-state index contributed by atoms with van der Waals surface area (Å²) in [6, 6.07) is 15.3. The fourth-order valence-corrected chi connectivity index (χ4v) is 5.25. The molecule has 0 radical (unpaired) electrons. The van der Waals surface area contributed by atoms with E-state index < -0.39 is 5.97 Å². The van der Waals surface area contributed by atoms with Crippen LogP contribution in [0.4, 0.5) is 5.69 Å². The number of hydrogen-bond donors (Lipinski definition) is 2. The molecule has 3 aromatic rings. The second kappa shape index (κ2) is 7.15. The Kier molecular flexibility index (Phi) is 4.67. The molecule has 0 fully saturated rings. The summed E-state index contributed by atoms with van der Waals surface area (Å²) in [4.78, 5) is 23.8. The summed E-state index contributed by atoms with van der Waals surface area (Å²) in [5.41, 5.74) is 4.53. The van der Waals surface area contributed by atoms with Crippen molar-refractivity contribution < 1.29 is 19.4 Å². The van der Waals surface area contributed by atoms with E-state index in [2.05, 4.69) is 5.32 Å². The topological polar surface area (TPSA) is 75.6 Å². The summed E-state index contributed by atoms with van der Waals surface area (Å²) in [5.74, 6) is -0.298. The first-order valence-corrected chi connectivity index (χ1v) is 10.3. The number of carbonyl (C=O) groups excluding carboxylic acids is 1. The first-order chi connectivity index (χ1) is 13.5. The number of anilines is 1. The zero-order valence-electron chi connectivity index (χ0n) is 15.3. The van der Waals surface area contributed by atoms with Crippen molar-refractivity contribution in [2.75, 3.05) is 12.4 Å². The number of carboxylic acid groups (broad SMARTS) is 1. The molecule has 1 aliphatic heterocycles. The number of amides is 1. The van der Waals surface area contributed by atoms with Gasteiger partial charge in [-0.1, -0.05) is 0 Å². The van der Waals surface area contributed by atoms with Crippen LogP contribution in [0.2, 0.25) is 0 Å². The van der Waals surface area contributed by atoms with Gasteiger partial charge in [0, 0.05) is 0 Å². The third-order valence-corrected chi connectivity index (χ3v) is 6.77. The van der Waals surface area contributed by atoms with Gasteiger partial charge in [-0.15, -0.1) is 0 Å². The van der Waals surface area contributed by atoms with Gasteiger partial charge in [0.25, 0.3) is 0 Å². The standard InChI is InChI=1S/C22H17NO4Se/c1-12-18(22(25)26)10-16(28-12)11-19-17-8-5-14(9-20(17)23-21(19)24)13-3-6-15(27-2)7-4-13/h3-11H,1-2H3,(H,23,24)(H,25,26)/b19-11-. The van der Waals surface area contributed by atoms with Gasteiger partial charge in [0.1, 0.15) is 0 Å². The molecular formula is C22H17NO4Se. The second-order valence-electron chi connectivity index (χ2n) is 6.42. The van der Waals surface area contributed by atoms with Crippen LogP contribution in [0.3, 0.4) is 0 Å². The Morgan fingerprint density at radius 2 is 1.82 bits per heavy atom. The van der Waals surface area contributed by atoms with Gasteiger partial charge < -0.3 is 0 Å². The summed E-state index contributed by atoms with van der Waals surface area (Å²) >= 11 is -0.0766. The van der Waals surface area contributed by atoms with Gasteiger partial charge in [0.2, 0.25) is 0 Å². The Morgan fingerprint density at radius 1 is 1.11 bits per heavy atom. The number of hydrogen-bond acceptors (Lipinski definition) is 3. The van der Waals surface area contributed by atoms with Crippen LogP contribution in [0.15, 0.2) is 48.5 Å². The van der Waals surface area contributed by atoms with E-state index in [4.69, 9.17) is 4.74 Å². The Hall–Kier alpha value is -3.08. The number of ether oxygens (including phenoxy) is 1. The molecule has 0 saturated carbocycles. The molecule has 0 saturated heterocycles. The van der Waals surface area contributed by atoms with Crippen molar-refractivity contribution in [3.8, 4) is 16.9 Å². The van der Waals surface area contributed by atoms with Crippen molar-refractivity contribution in [2.45, 2.75) is 6.92 Å². The summed E-state index contributed by atoms with van der Waals surface area (Å²) in [7, 11) is 1.63. The van der Waals surface area contributed by atoms with E-state index >= 15 is 0 Å². The van der Waals surface area contributed by atoms with Gasteiger partial charge in [-0.3, -0.25) is 0 Å². The van der Waals surface area contributed by atoms with Crippen LogP contribution in [0.5, 0.6) is 5.75 Å². The number of fused-ring (bicyclic) bond motifs is 1. The third-order valence-electron chi connectivity index (χ3n) is 4.68. The molecule has 0 spiro atoms. The molecule has 0 bridgehead atoms. The Bertz CT molecular complexity index is 1130. The van der Waals surface area contributed by atoms with Crippen molar-refractivity contribution >= 4 is 43.7 Å². The molecule has 1 amide bonds. The zero-order chi connectivity index (χ0) is 19.8. The Balaban J connectivity index is 1.70. The van der Waals surface area contributed by atoms with E-state index in [-0.39, 0.29) is 20.4 Å². The van der Waals surface area contributed by atoms with Crippen LogP contribution in [0.1, 0.15) is 24.8 Å². The minimum absolute atomic E-state index is 0.0766. The van der Waals surface area contributed by atoms with Crippen LogP contribution >= 0.6 is 0 Å². The molecular weight excluding hydrogens is 421 g/mol. The average Bonchev–Trinajstić information content (AvgIpc) is 3.21. The van der Waals surface area contributed by atoms with Gasteiger partial charge in [0.15, 0.2) is 0 Å². The molecule has 0 atom stereocenters. The molecule has 2 heterocycles. The Morgan fingerprint density at radius 3 is 2.46 bits per heavy atom. The van der Waals surface area contributed by atoms with Crippen molar-refractivity contribution in [2.24, 2.45) is 0 Å². The van der Waals surface area contributed by atoms with Gasteiger partial charge in [-0.25, -0.2) is 0 Å². The summed E-state index contributed by atoms with van der Waals surface area (Å²) in [5, 5.41) is 12.2. The number of rotatable bonds is 4. The number of carbonyl (C=O) groups is 2. The minimum atomic E-state index is -0.923. The molecule has 2 aromatic carbocycles. The molecule has 6 heteroatoms. The molecule has 0 aliphatic carbocycles. The molecule has 1 aromatic heterocycles. The average molecular weight is 438 g/mol.